The van der Waals surface area contributed by atoms with E-state index in [0.717, 1.165) is 0 Å². The van der Waals surface area contributed by atoms with Crippen LogP contribution in [0, 0.1) is 6.92 Å². The van der Waals surface area contributed by atoms with Crippen molar-refractivity contribution in [3.63, 3.8) is 0 Å². The molecule has 0 aliphatic heterocycles. The second-order valence-electron chi connectivity index (χ2n) is 3.76. The molecule has 0 aliphatic carbocycles. The van der Waals surface area contributed by atoms with E-state index in [2.05, 4.69) is 46.1 Å². The number of anilines is 1. The highest BCUT2D eigenvalue weighted by atomic mass is 32.2. The van der Waals surface area contributed by atoms with Crippen LogP contribution in [0.1, 0.15) is 17.0 Å². The zero-order chi connectivity index (χ0) is 12.3. The lowest BCUT2D eigenvalue weighted by Gasteiger charge is -2.03. The summed E-state index contributed by atoms with van der Waals surface area (Å²) in [5, 5.41) is 0.666. The van der Waals surface area contributed by atoms with Crippen molar-refractivity contribution in [3.8, 4) is 0 Å². The van der Waals surface area contributed by atoms with Crippen molar-refractivity contribution in [2.45, 2.75) is 18.5 Å². The Balaban J connectivity index is 2.23. The third-order valence-electron chi connectivity index (χ3n) is 2.34. The third kappa shape index (κ3) is 3.17. The SMILES string of the molecule is CSc1nc(N)nc(Cc2ccc(C)cc2)n1. The van der Waals surface area contributed by atoms with Gasteiger partial charge in [0.25, 0.3) is 0 Å². The fourth-order valence-electron chi connectivity index (χ4n) is 1.47. The largest absolute Gasteiger partial charge is 0.368 e. The van der Waals surface area contributed by atoms with Gasteiger partial charge in [-0.15, -0.1) is 0 Å². The molecule has 2 N–H and O–H groups in total. The molecule has 2 rings (SSSR count). The molecule has 0 saturated heterocycles. The smallest absolute Gasteiger partial charge is 0.224 e. The minimum Gasteiger partial charge on any atom is -0.368 e. The molecule has 0 fully saturated rings. The van der Waals surface area contributed by atoms with Gasteiger partial charge in [-0.25, -0.2) is 4.98 Å². The summed E-state index contributed by atoms with van der Waals surface area (Å²) >= 11 is 1.47. The molecule has 0 radical (unpaired) electrons. The van der Waals surface area contributed by atoms with Crippen LogP contribution in [0.5, 0.6) is 0 Å². The van der Waals surface area contributed by atoms with Gasteiger partial charge in [-0.1, -0.05) is 41.6 Å². The Morgan fingerprint density at radius 3 is 2.47 bits per heavy atom. The number of rotatable bonds is 3. The van der Waals surface area contributed by atoms with Crippen molar-refractivity contribution >= 4 is 17.7 Å². The first-order valence-corrected chi connectivity index (χ1v) is 6.50. The fourth-order valence-corrected chi connectivity index (χ4v) is 1.86. The van der Waals surface area contributed by atoms with E-state index in [0.29, 0.717) is 17.4 Å². The van der Waals surface area contributed by atoms with Gasteiger partial charge in [-0.2, -0.15) is 9.97 Å². The number of thioether (sulfide) groups is 1. The van der Waals surface area contributed by atoms with Crippen LogP contribution in [0.4, 0.5) is 5.95 Å². The van der Waals surface area contributed by atoms with Crippen LogP contribution in [-0.2, 0) is 6.42 Å². The molecule has 0 bridgehead atoms. The van der Waals surface area contributed by atoms with Gasteiger partial charge in [0.2, 0.25) is 5.95 Å². The number of nitrogens with zero attached hydrogens (tertiary/aromatic N) is 3. The lowest BCUT2D eigenvalue weighted by molar-refractivity contribution is 0.839. The molecule has 0 saturated carbocycles. The molecule has 4 nitrogen and oxygen atoms in total. The van der Waals surface area contributed by atoms with Crippen LogP contribution < -0.4 is 5.73 Å². The highest BCUT2D eigenvalue weighted by Gasteiger charge is 2.04. The predicted molar refractivity (Wildman–Crippen MR) is 70.0 cm³/mol. The van der Waals surface area contributed by atoms with Gasteiger partial charge in [0.05, 0.1) is 0 Å². The quantitative estimate of drug-likeness (QED) is 0.840. The van der Waals surface area contributed by atoms with Crippen molar-refractivity contribution in [1.82, 2.24) is 15.0 Å². The second-order valence-corrected chi connectivity index (χ2v) is 4.53. The van der Waals surface area contributed by atoms with Crippen LogP contribution in [0.3, 0.4) is 0 Å². The summed E-state index contributed by atoms with van der Waals surface area (Å²) < 4.78 is 0. The minimum absolute atomic E-state index is 0.284. The van der Waals surface area contributed by atoms with E-state index in [1.54, 1.807) is 0 Å². The maximum Gasteiger partial charge on any atom is 0.224 e. The van der Waals surface area contributed by atoms with Crippen molar-refractivity contribution in [2.24, 2.45) is 0 Å². The minimum atomic E-state index is 0.284. The first-order valence-electron chi connectivity index (χ1n) is 5.27. The van der Waals surface area contributed by atoms with Crippen molar-refractivity contribution in [3.05, 3.63) is 41.2 Å². The van der Waals surface area contributed by atoms with Gasteiger partial charge in [-0.05, 0) is 18.7 Å². The van der Waals surface area contributed by atoms with Gasteiger partial charge in [-0.3, -0.25) is 0 Å². The predicted octanol–water partition coefficient (Wildman–Crippen LogP) is 2.07. The molecule has 0 atom stereocenters. The molecule has 88 valence electrons. The van der Waals surface area contributed by atoms with Crippen LogP contribution in [-0.4, -0.2) is 21.2 Å². The number of nitrogen functional groups attached to an aromatic ring is 1. The van der Waals surface area contributed by atoms with Crippen LogP contribution in [0.2, 0.25) is 0 Å². The lowest BCUT2D eigenvalue weighted by atomic mass is 10.1. The summed E-state index contributed by atoms with van der Waals surface area (Å²) in [5.41, 5.74) is 8.06. The first-order chi connectivity index (χ1) is 8.17. The second kappa shape index (κ2) is 5.14. The van der Waals surface area contributed by atoms with E-state index in [9.17, 15) is 0 Å². The molecule has 17 heavy (non-hydrogen) atoms. The monoisotopic (exact) mass is 246 g/mol. The van der Waals surface area contributed by atoms with Gasteiger partial charge in [0, 0.05) is 6.42 Å². The van der Waals surface area contributed by atoms with Crippen molar-refractivity contribution in [2.75, 3.05) is 12.0 Å². The maximum atomic E-state index is 5.64. The molecular formula is C12H14N4S. The maximum absolute atomic E-state index is 5.64. The Morgan fingerprint density at radius 2 is 1.82 bits per heavy atom. The van der Waals surface area contributed by atoms with Gasteiger partial charge < -0.3 is 5.73 Å². The average Bonchev–Trinajstić information content (AvgIpc) is 2.31. The molecule has 0 spiro atoms. The highest BCUT2D eigenvalue weighted by molar-refractivity contribution is 7.98. The van der Waals surface area contributed by atoms with E-state index in [4.69, 9.17) is 5.73 Å². The Bertz CT molecular complexity index is 510. The summed E-state index contributed by atoms with van der Waals surface area (Å²) in [6, 6.07) is 8.31. The Hall–Kier alpha value is -1.62. The standard InChI is InChI=1S/C12H14N4S/c1-8-3-5-9(6-4-8)7-10-14-11(13)16-12(15-10)17-2/h3-6H,7H2,1-2H3,(H2,13,14,15,16). The number of hydrogen-bond donors (Lipinski definition) is 1. The Labute approximate surface area is 105 Å². The van der Waals surface area contributed by atoms with Gasteiger partial charge in [0.1, 0.15) is 5.82 Å². The fraction of sp³-hybridized carbons (Fsp3) is 0.250. The molecule has 1 aromatic carbocycles. The summed E-state index contributed by atoms with van der Waals surface area (Å²) in [6.07, 6.45) is 2.60. The Morgan fingerprint density at radius 1 is 1.12 bits per heavy atom. The highest BCUT2D eigenvalue weighted by Crippen LogP contribution is 2.12. The zero-order valence-electron chi connectivity index (χ0n) is 9.84. The summed E-state index contributed by atoms with van der Waals surface area (Å²) in [7, 11) is 0. The molecule has 0 unspecified atom stereocenters. The molecule has 0 amide bonds. The number of hydrogen-bond acceptors (Lipinski definition) is 5. The number of nitrogens with two attached hydrogens (primary N) is 1. The summed E-state index contributed by atoms with van der Waals surface area (Å²) in [5.74, 6) is 0.997. The van der Waals surface area contributed by atoms with E-state index in [1.165, 1.54) is 22.9 Å². The molecular weight excluding hydrogens is 232 g/mol. The molecule has 1 heterocycles. The molecule has 0 aliphatic rings. The van der Waals surface area contributed by atoms with E-state index >= 15 is 0 Å². The number of aromatic nitrogens is 3. The molecule has 2 aromatic rings. The molecule has 5 heteroatoms. The van der Waals surface area contributed by atoms with E-state index in [-0.39, 0.29) is 5.95 Å². The average molecular weight is 246 g/mol. The third-order valence-corrected chi connectivity index (χ3v) is 2.89. The van der Waals surface area contributed by atoms with Crippen molar-refractivity contribution < 1.29 is 0 Å². The molecule has 1 aromatic heterocycles. The summed E-state index contributed by atoms with van der Waals surface area (Å²) in [4.78, 5) is 12.5. The van der Waals surface area contributed by atoms with Crippen LogP contribution in [0.15, 0.2) is 29.4 Å². The first kappa shape index (κ1) is 11.9. The van der Waals surface area contributed by atoms with E-state index in [1.807, 2.05) is 6.26 Å². The van der Waals surface area contributed by atoms with Gasteiger partial charge >= 0.3 is 0 Å². The van der Waals surface area contributed by atoms with Crippen LogP contribution >= 0.6 is 11.8 Å². The topological polar surface area (TPSA) is 64.7 Å². The van der Waals surface area contributed by atoms with Gasteiger partial charge in [0.15, 0.2) is 5.16 Å². The lowest BCUT2D eigenvalue weighted by Crippen LogP contribution is -2.04. The normalized spacial score (nSPS) is 10.5. The van der Waals surface area contributed by atoms with Crippen molar-refractivity contribution in [1.29, 1.82) is 0 Å². The summed E-state index contributed by atoms with van der Waals surface area (Å²) in [6.45, 7) is 2.07. The number of benzene rings is 1. The Kier molecular flexibility index (Phi) is 3.58. The zero-order valence-corrected chi connectivity index (χ0v) is 10.7. The number of aryl methyl sites for hydroxylation is 1. The van der Waals surface area contributed by atoms with Crippen LogP contribution in [0.25, 0.3) is 0 Å². The van der Waals surface area contributed by atoms with E-state index < -0.39 is 0 Å².